The number of amides is 1. The molecule has 0 aromatic carbocycles. The first-order chi connectivity index (χ1) is 11.6. The third-order valence-electron chi connectivity index (χ3n) is 4.92. The van der Waals surface area contributed by atoms with Gasteiger partial charge in [0.15, 0.2) is 0 Å². The smallest absolute Gasteiger partial charge is 0.225 e. The second-order valence-corrected chi connectivity index (χ2v) is 6.78. The lowest BCUT2D eigenvalue weighted by atomic mass is 9.93. The summed E-state index contributed by atoms with van der Waals surface area (Å²) in [7, 11) is 1.84. The summed E-state index contributed by atoms with van der Waals surface area (Å²) >= 11 is 0. The summed E-state index contributed by atoms with van der Waals surface area (Å²) in [5.41, 5.74) is 0. The van der Waals surface area contributed by atoms with Crippen LogP contribution in [0.2, 0.25) is 0 Å². The van der Waals surface area contributed by atoms with Gasteiger partial charge in [0.2, 0.25) is 5.91 Å². The first-order valence-corrected chi connectivity index (χ1v) is 8.67. The summed E-state index contributed by atoms with van der Waals surface area (Å²) in [6.07, 6.45) is 9.95. The summed E-state index contributed by atoms with van der Waals surface area (Å²) in [4.78, 5) is 24.9. The van der Waals surface area contributed by atoms with Crippen molar-refractivity contribution in [1.29, 1.82) is 0 Å². The van der Waals surface area contributed by atoms with E-state index in [1.54, 1.807) is 23.4 Å². The molecule has 3 atom stereocenters. The highest BCUT2D eigenvalue weighted by Gasteiger charge is 2.34. The number of hydrogen-bond acceptors (Lipinski definition) is 4. The topological polar surface area (TPSA) is 49.3 Å². The molecule has 0 saturated carbocycles. The molecule has 2 aliphatic rings. The van der Waals surface area contributed by atoms with Crippen LogP contribution in [0, 0.1) is 5.92 Å². The lowest BCUT2D eigenvalue weighted by molar-refractivity contribution is -0.135. The SMILES string of the molecule is CN(C[C@@H]1C[C@H](F)CN1Cc1ncccn1)C(=O)C1CC=CCC1. The van der Waals surface area contributed by atoms with Gasteiger partial charge in [-0.2, -0.15) is 0 Å². The van der Waals surface area contributed by atoms with Crippen molar-refractivity contribution in [2.45, 2.75) is 44.4 Å². The van der Waals surface area contributed by atoms with Crippen LogP contribution in [0.15, 0.2) is 30.6 Å². The van der Waals surface area contributed by atoms with Crippen LogP contribution < -0.4 is 0 Å². The van der Waals surface area contributed by atoms with Crippen molar-refractivity contribution in [2.24, 2.45) is 5.92 Å². The van der Waals surface area contributed by atoms with Crippen LogP contribution in [0.3, 0.4) is 0 Å². The van der Waals surface area contributed by atoms with Crippen LogP contribution in [-0.2, 0) is 11.3 Å². The number of hydrogen-bond donors (Lipinski definition) is 0. The molecule has 1 aliphatic carbocycles. The van der Waals surface area contributed by atoms with E-state index in [-0.39, 0.29) is 17.9 Å². The molecule has 0 radical (unpaired) electrons. The Bertz CT molecular complexity index is 580. The van der Waals surface area contributed by atoms with Crippen LogP contribution in [0.25, 0.3) is 0 Å². The van der Waals surface area contributed by atoms with E-state index in [2.05, 4.69) is 27.0 Å². The first-order valence-electron chi connectivity index (χ1n) is 8.67. The summed E-state index contributed by atoms with van der Waals surface area (Å²) in [5, 5.41) is 0. The monoisotopic (exact) mass is 332 g/mol. The van der Waals surface area contributed by atoms with E-state index in [1.165, 1.54) is 0 Å². The maximum Gasteiger partial charge on any atom is 0.225 e. The standard InChI is InChI=1S/C18H25FN4O/c1-22(18(24)14-6-3-2-4-7-14)12-16-10-15(19)11-23(16)13-17-20-8-5-9-21-17/h2-3,5,8-9,14-16H,4,6-7,10-13H2,1H3/t14?,15-,16-/m0/s1. The molecule has 0 spiro atoms. The number of nitrogens with zero attached hydrogens (tertiary/aromatic N) is 4. The Morgan fingerprint density at radius 3 is 2.88 bits per heavy atom. The van der Waals surface area contributed by atoms with Crippen LogP contribution in [0.1, 0.15) is 31.5 Å². The van der Waals surface area contributed by atoms with Gasteiger partial charge >= 0.3 is 0 Å². The van der Waals surface area contributed by atoms with Gasteiger partial charge in [-0.05, 0) is 31.7 Å². The number of allylic oxidation sites excluding steroid dienone is 2. The van der Waals surface area contributed by atoms with Crippen molar-refractivity contribution in [3.63, 3.8) is 0 Å². The van der Waals surface area contributed by atoms with E-state index in [0.717, 1.165) is 19.3 Å². The number of alkyl halides is 1. The van der Waals surface area contributed by atoms with E-state index in [4.69, 9.17) is 0 Å². The minimum absolute atomic E-state index is 0.0249. The molecule has 6 heteroatoms. The zero-order valence-corrected chi connectivity index (χ0v) is 14.1. The molecule has 24 heavy (non-hydrogen) atoms. The molecule has 5 nitrogen and oxygen atoms in total. The van der Waals surface area contributed by atoms with Crippen molar-refractivity contribution < 1.29 is 9.18 Å². The third kappa shape index (κ3) is 4.17. The summed E-state index contributed by atoms with van der Waals surface area (Å²) in [5.74, 6) is 0.953. The van der Waals surface area contributed by atoms with Gasteiger partial charge in [0.1, 0.15) is 12.0 Å². The zero-order valence-electron chi connectivity index (χ0n) is 14.1. The average Bonchev–Trinajstić information content (AvgIpc) is 2.95. The highest BCUT2D eigenvalue weighted by Crippen LogP contribution is 2.24. The maximum absolute atomic E-state index is 13.9. The number of rotatable bonds is 5. The Kier molecular flexibility index (Phi) is 5.56. The lowest BCUT2D eigenvalue weighted by Gasteiger charge is -2.30. The van der Waals surface area contributed by atoms with E-state index < -0.39 is 6.17 Å². The van der Waals surface area contributed by atoms with Gasteiger partial charge in [-0.3, -0.25) is 9.69 Å². The van der Waals surface area contributed by atoms with Crippen LogP contribution in [0.5, 0.6) is 0 Å². The normalized spacial score (nSPS) is 27.3. The molecule has 0 bridgehead atoms. The zero-order chi connectivity index (χ0) is 16.9. The second kappa shape index (κ2) is 7.83. The number of halogens is 1. The summed E-state index contributed by atoms with van der Waals surface area (Å²) in [6.45, 7) is 1.48. The molecule has 1 fully saturated rings. The molecule has 3 rings (SSSR count). The molecule has 1 aromatic heterocycles. The van der Waals surface area contributed by atoms with E-state index >= 15 is 0 Å². The van der Waals surface area contributed by atoms with Crippen molar-refractivity contribution in [2.75, 3.05) is 20.1 Å². The number of aromatic nitrogens is 2. The highest BCUT2D eigenvalue weighted by molar-refractivity contribution is 5.79. The first kappa shape index (κ1) is 17.0. The molecule has 1 saturated heterocycles. The van der Waals surface area contributed by atoms with Crippen LogP contribution in [0.4, 0.5) is 4.39 Å². The van der Waals surface area contributed by atoms with Gasteiger partial charge in [-0.25, -0.2) is 14.4 Å². The van der Waals surface area contributed by atoms with Gasteiger partial charge in [-0.15, -0.1) is 0 Å². The molecule has 1 aliphatic heterocycles. The van der Waals surface area contributed by atoms with Crippen molar-refractivity contribution in [3.05, 3.63) is 36.4 Å². The fourth-order valence-electron chi connectivity index (χ4n) is 3.63. The van der Waals surface area contributed by atoms with Gasteiger partial charge in [0.05, 0.1) is 6.54 Å². The molecule has 1 unspecified atom stereocenters. The Labute approximate surface area is 142 Å². The highest BCUT2D eigenvalue weighted by atomic mass is 19.1. The molecular weight excluding hydrogens is 307 g/mol. The number of carbonyl (C=O) groups excluding carboxylic acids is 1. The fraction of sp³-hybridized carbons (Fsp3) is 0.611. The van der Waals surface area contributed by atoms with Gasteiger partial charge in [0.25, 0.3) is 0 Å². The Balaban J connectivity index is 1.59. The van der Waals surface area contributed by atoms with Crippen LogP contribution in [-0.4, -0.2) is 58.0 Å². The Morgan fingerprint density at radius 2 is 2.17 bits per heavy atom. The van der Waals surface area contributed by atoms with Gasteiger partial charge in [0, 0.05) is 44.5 Å². The third-order valence-corrected chi connectivity index (χ3v) is 4.92. The van der Waals surface area contributed by atoms with Crippen molar-refractivity contribution in [3.8, 4) is 0 Å². The fourth-order valence-corrected chi connectivity index (χ4v) is 3.63. The molecule has 1 amide bonds. The molecule has 1 aromatic rings. The van der Waals surface area contributed by atoms with Gasteiger partial charge in [-0.1, -0.05) is 12.2 Å². The van der Waals surface area contributed by atoms with E-state index in [1.807, 2.05) is 7.05 Å². The number of likely N-dealkylation sites (tertiary alicyclic amines) is 1. The molecule has 0 N–H and O–H groups in total. The molecular formula is C18H25FN4O. The van der Waals surface area contributed by atoms with Gasteiger partial charge < -0.3 is 4.90 Å². The van der Waals surface area contributed by atoms with Crippen molar-refractivity contribution in [1.82, 2.24) is 19.8 Å². The largest absolute Gasteiger partial charge is 0.344 e. The minimum atomic E-state index is -0.847. The second-order valence-electron chi connectivity index (χ2n) is 6.78. The van der Waals surface area contributed by atoms with Crippen LogP contribution >= 0.6 is 0 Å². The van der Waals surface area contributed by atoms with Crippen molar-refractivity contribution >= 4 is 5.91 Å². The lowest BCUT2D eigenvalue weighted by Crippen LogP contribution is -2.43. The number of carbonyl (C=O) groups is 1. The molecule has 2 heterocycles. The Morgan fingerprint density at radius 1 is 1.38 bits per heavy atom. The number of likely N-dealkylation sites (N-methyl/N-ethyl adjacent to an activating group) is 1. The van der Waals surface area contributed by atoms with E-state index in [0.29, 0.717) is 31.9 Å². The summed E-state index contributed by atoms with van der Waals surface area (Å²) < 4.78 is 13.9. The minimum Gasteiger partial charge on any atom is -0.344 e. The summed E-state index contributed by atoms with van der Waals surface area (Å²) in [6, 6.07) is 1.80. The maximum atomic E-state index is 13.9. The quantitative estimate of drug-likeness (QED) is 0.776. The predicted molar refractivity (Wildman–Crippen MR) is 89.9 cm³/mol. The Hall–Kier alpha value is -1.82. The predicted octanol–water partition coefficient (Wildman–Crippen LogP) is 2.20. The average molecular weight is 332 g/mol. The van der Waals surface area contributed by atoms with E-state index in [9.17, 15) is 9.18 Å². The molecule has 130 valence electrons.